The largest absolute Gasteiger partial charge is 0.508 e. The van der Waals surface area contributed by atoms with Crippen molar-refractivity contribution in [2.75, 3.05) is 6.61 Å². The minimum Gasteiger partial charge on any atom is -0.508 e. The zero-order valence-electron chi connectivity index (χ0n) is 6.60. The molecule has 0 saturated carbocycles. The van der Waals surface area contributed by atoms with Gasteiger partial charge in [0.15, 0.2) is 0 Å². The summed E-state index contributed by atoms with van der Waals surface area (Å²) in [5.41, 5.74) is 1.08. The van der Waals surface area contributed by atoms with Crippen LogP contribution in [0.1, 0.15) is 11.7 Å². The van der Waals surface area contributed by atoms with Gasteiger partial charge in [0.25, 0.3) is 0 Å². The average molecular weight is 162 g/mol. The molecule has 0 amide bonds. The Hall–Kier alpha value is -1.28. The molecule has 0 saturated heterocycles. The first kappa shape index (κ1) is 7.37. The minimum absolute atomic E-state index is 0.0746. The fourth-order valence-electron chi connectivity index (χ4n) is 1.27. The van der Waals surface area contributed by atoms with Gasteiger partial charge >= 0.3 is 0 Å². The molecule has 2 nitrogen and oxygen atoms in total. The van der Waals surface area contributed by atoms with Crippen LogP contribution in [0, 0.1) is 0 Å². The summed E-state index contributed by atoms with van der Waals surface area (Å²) in [5, 5.41) is 9.04. The van der Waals surface area contributed by atoms with Crippen LogP contribution >= 0.6 is 0 Å². The zero-order chi connectivity index (χ0) is 8.39. The SMILES string of the molecule is Oc1ccc([C@@H]2C=CCO2)cc1. The van der Waals surface area contributed by atoms with Crippen molar-refractivity contribution in [2.24, 2.45) is 0 Å². The normalized spacial score (nSPS) is 21.5. The molecular formula is C10H10O2. The fraction of sp³-hybridized carbons (Fsp3) is 0.200. The smallest absolute Gasteiger partial charge is 0.115 e. The monoisotopic (exact) mass is 162 g/mol. The molecule has 1 atom stereocenters. The molecule has 0 aliphatic carbocycles. The molecule has 1 aromatic rings. The van der Waals surface area contributed by atoms with Gasteiger partial charge in [-0.3, -0.25) is 0 Å². The van der Waals surface area contributed by atoms with E-state index in [4.69, 9.17) is 9.84 Å². The van der Waals surface area contributed by atoms with Crippen molar-refractivity contribution in [1.29, 1.82) is 0 Å². The predicted octanol–water partition coefficient (Wildman–Crippen LogP) is 2.02. The van der Waals surface area contributed by atoms with Gasteiger partial charge in [0.1, 0.15) is 11.9 Å². The van der Waals surface area contributed by atoms with Crippen LogP contribution in [-0.4, -0.2) is 11.7 Å². The highest BCUT2D eigenvalue weighted by atomic mass is 16.5. The summed E-state index contributed by atoms with van der Waals surface area (Å²) in [6, 6.07) is 7.08. The highest BCUT2D eigenvalue weighted by Gasteiger charge is 2.10. The quantitative estimate of drug-likeness (QED) is 0.640. The number of rotatable bonds is 1. The number of hydrogen-bond acceptors (Lipinski definition) is 2. The Morgan fingerprint density at radius 1 is 1.25 bits per heavy atom. The predicted molar refractivity (Wildman–Crippen MR) is 45.9 cm³/mol. The van der Waals surface area contributed by atoms with Crippen LogP contribution in [0.3, 0.4) is 0 Å². The summed E-state index contributed by atoms with van der Waals surface area (Å²) in [5.74, 6) is 0.292. The molecule has 62 valence electrons. The maximum Gasteiger partial charge on any atom is 0.115 e. The Labute approximate surface area is 71.1 Å². The summed E-state index contributed by atoms with van der Waals surface area (Å²) >= 11 is 0. The van der Waals surface area contributed by atoms with Crippen molar-refractivity contribution >= 4 is 0 Å². The lowest BCUT2D eigenvalue weighted by Gasteiger charge is -2.07. The van der Waals surface area contributed by atoms with Crippen molar-refractivity contribution in [1.82, 2.24) is 0 Å². The van der Waals surface area contributed by atoms with Gasteiger partial charge < -0.3 is 9.84 Å². The van der Waals surface area contributed by atoms with Gasteiger partial charge in [0.2, 0.25) is 0 Å². The van der Waals surface area contributed by atoms with Crippen molar-refractivity contribution < 1.29 is 9.84 Å². The zero-order valence-corrected chi connectivity index (χ0v) is 6.60. The lowest BCUT2D eigenvalue weighted by atomic mass is 10.1. The lowest BCUT2D eigenvalue weighted by molar-refractivity contribution is 0.129. The molecule has 0 aromatic heterocycles. The molecule has 1 aliphatic rings. The van der Waals surface area contributed by atoms with Crippen molar-refractivity contribution in [3.8, 4) is 5.75 Å². The maximum absolute atomic E-state index is 9.04. The van der Waals surface area contributed by atoms with Gasteiger partial charge in [-0.1, -0.05) is 24.3 Å². The summed E-state index contributed by atoms with van der Waals surface area (Å²) in [6.45, 7) is 0.686. The standard InChI is InChI=1S/C10H10O2/c11-9-5-3-8(4-6-9)10-2-1-7-12-10/h1-6,10-11H,7H2/t10-/m0/s1. The third kappa shape index (κ3) is 1.34. The van der Waals surface area contributed by atoms with E-state index in [0.717, 1.165) is 5.56 Å². The van der Waals surface area contributed by atoms with E-state index in [2.05, 4.69) is 0 Å². The number of ether oxygens (including phenoxy) is 1. The van der Waals surface area contributed by atoms with E-state index in [9.17, 15) is 0 Å². The van der Waals surface area contributed by atoms with Crippen LogP contribution in [-0.2, 0) is 4.74 Å². The maximum atomic E-state index is 9.04. The average Bonchev–Trinajstić information content (AvgIpc) is 2.58. The van der Waals surface area contributed by atoms with Gasteiger partial charge in [-0.15, -0.1) is 0 Å². The van der Waals surface area contributed by atoms with Crippen molar-refractivity contribution in [2.45, 2.75) is 6.10 Å². The first-order valence-electron chi connectivity index (χ1n) is 3.93. The summed E-state index contributed by atoms with van der Waals surface area (Å²) in [6.07, 6.45) is 4.09. The summed E-state index contributed by atoms with van der Waals surface area (Å²) in [4.78, 5) is 0. The first-order chi connectivity index (χ1) is 5.86. The molecule has 0 bridgehead atoms. The molecule has 1 N–H and O–H groups in total. The second kappa shape index (κ2) is 2.99. The number of phenolic OH excluding ortho intramolecular Hbond substituents is 1. The number of hydrogen-bond donors (Lipinski definition) is 1. The van der Waals surface area contributed by atoms with Gasteiger partial charge in [-0.25, -0.2) is 0 Å². The van der Waals surface area contributed by atoms with E-state index in [0.29, 0.717) is 12.4 Å². The fourth-order valence-corrected chi connectivity index (χ4v) is 1.27. The molecule has 1 heterocycles. The summed E-state index contributed by atoms with van der Waals surface area (Å²) < 4.78 is 5.39. The van der Waals surface area contributed by atoms with Gasteiger partial charge in [0, 0.05) is 0 Å². The Balaban J connectivity index is 2.23. The van der Waals surface area contributed by atoms with E-state index in [1.54, 1.807) is 12.1 Å². The van der Waals surface area contributed by atoms with E-state index < -0.39 is 0 Å². The van der Waals surface area contributed by atoms with Crippen LogP contribution < -0.4 is 0 Å². The third-order valence-electron chi connectivity index (χ3n) is 1.90. The molecular weight excluding hydrogens is 152 g/mol. The Kier molecular flexibility index (Phi) is 1.84. The molecule has 12 heavy (non-hydrogen) atoms. The second-order valence-electron chi connectivity index (χ2n) is 2.77. The Morgan fingerprint density at radius 2 is 2.00 bits per heavy atom. The van der Waals surface area contributed by atoms with Crippen molar-refractivity contribution in [3.05, 3.63) is 42.0 Å². The summed E-state index contributed by atoms with van der Waals surface area (Å²) in [7, 11) is 0. The Bertz CT molecular complexity index is 287. The van der Waals surface area contributed by atoms with Crippen LogP contribution in [0.5, 0.6) is 5.75 Å². The molecule has 0 fully saturated rings. The topological polar surface area (TPSA) is 29.5 Å². The van der Waals surface area contributed by atoms with Gasteiger partial charge in [0.05, 0.1) is 6.61 Å². The Morgan fingerprint density at radius 3 is 2.58 bits per heavy atom. The van der Waals surface area contributed by atoms with E-state index in [-0.39, 0.29) is 6.10 Å². The minimum atomic E-state index is 0.0746. The highest BCUT2D eigenvalue weighted by Crippen LogP contribution is 2.24. The van der Waals surface area contributed by atoms with E-state index in [1.165, 1.54) is 0 Å². The van der Waals surface area contributed by atoms with Crippen molar-refractivity contribution in [3.63, 3.8) is 0 Å². The number of aromatic hydroxyl groups is 1. The van der Waals surface area contributed by atoms with Crippen LogP contribution in [0.4, 0.5) is 0 Å². The molecule has 1 aromatic carbocycles. The third-order valence-corrected chi connectivity index (χ3v) is 1.90. The molecule has 0 spiro atoms. The van der Waals surface area contributed by atoms with E-state index in [1.807, 2.05) is 24.3 Å². The first-order valence-corrected chi connectivity index (χ1v) is 3.93. The van der Waals surface area contributed by atoms with Gasteiger partial charge in [-0.05, 0) is 17.7 Å². The molecule has 1 aliphatic heterocycles. The molecule has 0 unspecified atom stereocenters. The lowest BCUT2D eigenvalue weighted by Crippen LogP contribution is -1.94. The van der Waals surface area contributed by atoms with Crippen LogP contribution in [0.25, 0.3) is 0 Å². The van der Waals surface area contributed by atoms with Crippen LogP contribution in [0.2, 0.25) is 0 Å². The number of benzene rings is 1. The molecule has 2 rings (SSSR count). The number of phenols is 1. The molecule has 0 radical (unpaired) electrons. The van der Waals surface area contributed by atoms with E-state index >= 15 is 0 Å². The second-order valence-corrected chi connectivity index (χ2v) is 2.77. The van der Waals surface area contributed by atoms with Gasteiger partial charge in [-0.2, -0.15) is 0 Å². The van der Waals surface area contributed by atoms with Crippen LogP contribution in [0.15, 0.2) is 36.4 Å². The highest BCUT2D eigenvalue weighted by molar-refractivity contribution is 5.29. The molecule has 2 heteroatoms.